The molecule has 1 aromatic carbocycles. The van der Waals surface area contributed by atoms with Gasteiger partial charge in [0, 0.05) is 5.56 Å². The van der Waals surface area contributed by atoms with Crippen molar-refractivity contribution in [3.8, 4) is 11.5 Å². The summed E-state index contributed by atoms with van der Waals surface area (Å²) in [5.74, 6) is -3.16. The minimum atomic E-state index is -4.17. The van der Waals surface area contributed by atoms with Crippen LogP contribution in [0.3, 0.4) is 0 Å². The van der Waals surface area contributed by atoms with Crippen molar-refractivity contribution in [1.29, 1.82) is 0 Å². The summed E-state index contributed by atoms with van der Waals surface area (Å²) in [5, 5.41) is 0. The van der Waals surface area contributed by atoms with E-state index in [1.54, 1.807) is 0 Å². The molecule has 0 spiro atoms. The van der Waals surface area contributed by atoms with E-state index in [9.17, 15) is 18.4 Å². The van der Waals surface area contributed by atoms with Gasteiger partial charge in [-0.15, -0.1) is 0 Å². The smallest absolute Gasteiger partial charge is 0.493 e. The summed E-state index contributed by atoms with van der Waals surface area (Å²) in [6.07, 6.45) is -4.17. The van der Waals surface area contributed by atoms with E-state index in [2.05, 4.69) is 9.47 Å². The van der Waals surface area contributed by atoms with E-state index in [1.807, 2.05) is 0 Å². The first-order valence-electron chi connectivity index (χ1n) is 5.53. The topological polar surface area (TPSA) is 87.9 Å². The first-order valence-corrected chi connectivity index (χ1v) is 5.53. The van der Waals surface area contributed by atoms with Gasteiger partial charge in [0.25, 0.3) is 0 Å². The van der Waals surface area contributed by atoms with Crippen LogP contribution in [0.4, 0.5) is 8.78 Å². The maximum Gasteiger partial charge on any atom is 0.502 e. The number of amides is 1. The molecule has 1 aromatic rings. The van der Waals surface area contributed by atoms with Crippen LogP contribution in [-0.2, 0) is 9.53 Å². The molecule has 0 heterocycles. The van der Waals surface area contributed by atoms with Crippen LogP contribution in [0.15, 0.2) is 18.2 Å². The molecule has 110 valence electrons. The van der Waals surface area contributed by atoms with Gasteiger partial charge in [0.15, 0.2) is 11.5 Å². The molecule has 0 unspecified atom stereocenters. The molecule has 0 fully saturated rings. The predicted molar refractivity (Wildman–Crippen MR) is 63.7 cm³/mol. The number of esters is 1. The van der Waals surface area contributed by atoms with Crippen LogP contribution in [-0.4, -0.2) is 31.7 Å². The van der Waals surface area contributed by atoms with Crippen molar-refractivity contribution in [2.45, 2.75) is 13.0 Å². The Bertz CT molecular complexity index is 519. The molecule has 20 heavy (non-hydrogen) atoms. The van der Waals surface area contributed by atoms with Crippen LogP contribution >= 0.6 is 0 Å². The van der Waals surface area contributed by atoms with Gasteiger partial charge in [0.2, 0.25) is 5.91 Å². The molecule has 6 nitrogen and oxygen atoms in total. The number of halogens is 2. The quantitative estimate of drug-likeness (QED) is 0.798. The summed E-state index contributed by atoms with van der Waals surface area (Å²) in [6, 6.07) is 3.34. The number of carbonyl (C=O) groups excluding carboxylic acids is 2. The fraction of sp³-hybridized carbons (Fsp3) is 0.333. The van der Waals surface area contributed by atoms with Crippen LogP contribution in [0.2, 0.25) is 0 Å². The molecular formula is C12H13F2NO5. The van der Waals surface area contributed by atoms with E-state index >= 15 is 0 Å². The van der Waals surface area contributed by atoms with Gasteiger partial charge in [-0.25, -0.2) is 4.79 Å². The zero-order chi connectivity index (χ0) is 15.3. The Morgan fingerprint density at radius 2 is 1.95 bits per heavy atom. The highest BCUT2D eigenvalue weighted by molar-refractivity contribution is 5.93. The fourth-order valence-corrected chi connectivity index (χ4v) is 1.30. The van der Waals surface area contributed by atoms with Crippen LogP contribution in [0, 0.1) is 0 Å². The summed E-state index contributed by atoms with van der Waals surface area (Å²) >= 11 is 0. The normalized spacial score (nSPS) is 10.8. The van der Waals surface area contributed by atoms with Gasteiger partial charge in [-0.1, -0.05) is 0 Å². The fourth-order valence-electron chi connectivity index (χ4n) is 1.30. The van der Waals surface area contributed by atoms with Crippen molar-refractivity contribution < 1.29 is 32.6 Å². The van der Waals surface area contributed by atoms with Crippen LogP contribution < -0.4 is 15.2 Å². The zero-order valence-corrected chi connectivity index (χ0v) is 10.8. The Labute approximate surface area is 113 Å². The van der Waals surface area contributed by atoms with Gasteiger partial charge in [-0.05, 0) is 25.1 Å². The van der Waals surface area contributed by atoms with Gasteiger partial charge in [-0.3, -0.25) is 4.79 Å². The van der Waals surface area contributed by atoms with E-state index in [0.717, 1.165) is 12.1 Å². The average molecular weight is 289 g/mol. The van der Waals surface area contributed by atoms with E-state index in [1.165, 1.54) is 20.1 Å². The highest BCUT2D eigenvalue weighted by Crippen LogP contribution is 2.32. The number of primary amides is 1. The first kappa shape index (κ1) is 15.7. The van der Waals surface area contributed by atoms with E-state index in [-0.39, 0.29) is 17.9 Å². The standard InChI is InChI=1S/C12H13F2NO5/c1-3-19-11(17)12(13,14)20-8-5-4-7(10(15)16)6-9(8)18-2/h4-6H,3H2,1-2H3,(H2,15,16). The van der Waals surface area contributed by atoms with E-state index in [0.29, 0.717) is 0 Å². The first-order chi connectivity index (χ1) is 9.31. The second-order valence-electron chi connectivity index (χ2n) is 3.57. The minimum Gasteiger partial charge on any atom is -0.493 e. The number of methoxy groups -OCH3 is 1. The van der Waals surface area contributed by atoms with Crippen molar-refractivity contribution in [1.82, 2.24) is 0 Å². The van der Waals surface area contributed by atoms with Crippen molar-refractivity contribution in [3.63, 3.8) is 0 Å². The van der Waals surface area contributed by atoms with Crippen molar-refractivity contribution in [2.75, 3.05) is 13.7 Å². The van der Waals surface area contributed by atoms with Crippen LogP contribution in [0.1, 0.15) is 17.3 Å². The molecule has 2 N–H and O–H groups in total. The highest BCUT2D eigenvalue weighted by atomic mass is 19.3. The molecule has 0 aromatic heterocycles. The maximum absolute atomic E-state index is 13.4. The largest absolute Gasteiger partial charge is 0.502 e. The molecule has 1 amide bonds. The summed E-state index contributed by atoms with van der Waals surface area (Å²) in [4.78, 5) is 22.0. The van der Waals surface area contributed by atoms with E-state index in [4.69, 9.17) is 10.5 Å². The predicted octanol–water partition coefficient (Wildman–Crippen LogP) is 1.33. The third kappa shape index (κ3) is 3.56. The molecule has 8 heteroatoms. The number of hydrogen-bond acceptors (Lipinski definition) is 5. The molecule has 1 rings (SSSR count). The van der Waals surface area contributed by atoms with Crippen molar-refractivity contribution in [3.05, 3.63) is 23.8 Å². The molecule has 0 aliphatic heterocycles. The molecular weight excluding hydrogens is 276 g/mol. The van der Waals surface area contributed by atoms with Gasteiger partial charge >= 0.3 is 12.1 Å². The zero-order valence-electron chi connectivity index (χ0n) is 10.8. The number of carbonyl (C=O) groups is 2. The lowest BCUT2D eigenvalue weighted by Crippen LogP contribution is -2.37. The monoisotopic (exact) mass is 289 g/mol. The second-order valence-corrected chi connectivity index (χ2v) is 3.57. The Morgan fingerprint density at radius 1 is 1.30 bits per heavy atom. The molecule has 0 radical (unpaired) electrons. The summed E-state index contributed by atoms with van der Waals surface area (Å²) in [7, 11) is 1.19. The summed E-state index contributed by atoms with van der Waals surface area (Å²) in [6.45, 7) is 1.17. The third-order valence-corrected chi connectivity index (χ3v) is 2.20. The van der Waals surface area contributed by atoms with Crippen molar-refractivity contribution in [2.24, 2.45) is 5.73 Å². The Hall–Kier alpha value is -2.38. The number of rotatable bonds is 6. The number of alkyl halides is 2. The number of ether oxygens (including phenoxy) is 3. The van der Waals surface area contributed by atoms with Crippen LogP contribution in [0.5, 0.6) is 11.5 Å². The van der Waals surface area contributed by atoms with Gasteiger partial charge < -0.3 is 19.9 Å². The summed E-state index contributed by atoms with van der Waals surface area (Å²) in [5.41, 5.74) is 5.09. The average Bonchev–Trinajstić information content (AvgIpc) is 2.38. The van der Waals surface area contributed by atoms with E-state index < -0.39 is 23.7 Å². The van der Waals surface area contributed by atoms with Crippen LogP contribution in [0.25, 0.3) is 0 Å². The Balaban J connectivity index is 3.02. The number of nitrogens with two attached hydrogens (primary N) is 1. The second kappa shape index (κ2) is 6.18. The lowest BCUT2D eigenvalue weighted by Gasteiger charge is -2.17. The number of hydrogen-bond donors (Lipinski definition) is 1. The Kier molecular flexibility index (Phi) is 4.84. The SMILES string of the molecule is CCOC(=O)C(F)(F)Oc1ccc(C(N)=O)cc1OC. The maximum atomic E-state index is 13.4. The molecule has 0 aliphatic rings. The molecule has 0 saturated heterocycles. The molecule has 0 aliphatic carbocycles. The Morgan fingerprint density at radius 3 is 2.45 bits per heavy atom. The third-order valence-electron chi connectivity index (χ3n) is 2.20. The molecule has 0 atom stereocenters. The minimum absolute atomic E-state index is 0.0497. The lowest BCUT2D eigenvalue weighted by atomic mass is 10.2. The van der Waals surface area contributed by atoms with Gasteiger partial charge in [-0.2, -0.15) is 8.78 Å². The van der Waals surface area contributed by atoms with Gasteiger partial charge in [0.05, 0.1) is 13.7 Å². The molecule has 0 bridgehead atoms. The van der Waals surface area contributed by atoms with Crippen molar-refractivity contribution >= 4 is 11.9 Å². The number of benzene rings is 1. The van der Waals surface area contributed by atoms with Gasteiger partial charge in [0.1, 0.15) is 0 Å². The summed E-state index contributed by atoms with van der Waals surface area (Å²) < 4.78 is 40.1. The molecule has 0 saturated carbocycles. The highest BCUT2D eigenvalue weighted by Gasteiger charge is 2.44. The lowest BCUT2D eigenvalue weighted by molar-refractivity contribution is -0.216.